The molecule has 0 fully saturated rings. The van der Waals surface area contributed by atoms with Gasteiger partial charge in [-0.2, -0.15) is 11.8 Å². The number of carboxylic acids is 1. The number of anilines is 1. The topological polar surface area (TPSA) is 87.1 Å². The molecule has 0 spiro atoms. The van der Waals surface area contributed by atoms with E-state index in [-0.39, 0.29) is 0 Å². The highest BCUT2D eigenvalue weighted by atomic mass is 32.2. The zero-order valence-corrected chi connectivity index (χ0v) is 14.4. The second-order valence-electron chi connectivity index (χ2n) is 5.31. The largest absolute Gasteiger partial charge is 0.480 e. The second-order valence-corrected chi connectivity index (χ2v) is 6.29. The fraction of sp³-hybridized carbons (Fsp3) is 0.353. The van der Waals surface area contributed by atoms with E-state index in [1.165, 1.54) is 0 Å². The summed E-state index contributed by atoms with van der Waals surface area (Å²) in [4.78, 5) is 19.7. The molecule has 0 bridgehead atoms. The van der Waals surface area contributed by atoms with Gasteiger partial charge in [-0.1, -0.05) is 30.3 Å². The Hall–Kier alpha value is -2.12. The number of hydrogen-bond donors (Lipinski definition) is 3. The Morgan fingerprint density at radius 2 is 1.88 bits per heavy atom. The molecular weight excluding hydrogens is 324 g/mol. The molecule has 0 amide bonds. The van der Waals surface area contributed by atoms with Crippen LogP contribution in [0.4, 0.5) is 5.95 Å². The Morgan fingerprint density at radius 3 is 2.50 bits per heavy atom. The van der Waals surface area contributed by atoms with Crippen molar-refractivity contribution in [3.63, 3.8) is 0 Å². The van der Waals surface area contributed by atoms with Gasteiger partial charge < -0.3 is 15.7 Å². The van der Waals surface area contributed by atoms with Gasteiger partial charge in [0.2, 0.25) is 5.95 Å². The maximum Gasteiger partial charge on any atom is 0.320 e. The van der Waals surface area contributed by atoms with Gasteiger partial charge in [0.15, 0.2) is 0 Å². The third-order valence-corrected chi connectivity index (χ3v) is 4.10. The van der Waals surface area contributed by atoms with Crippen molar-refractivity contribution in [2.75, 3.05) is 17.3 Å². The summed E-state index contributed by atoms with van der Waals surface area (Å²) >= 11 is 1.64. The van der Waals surface area contributed by atoms with E-state index in [0.717, 1.165) is 16.9 Å². The molecule has 0 aliphatic rings. The molecule has 0 unspecified atom stereocenters. The average Bonchev–Trinajstić information content (AvgIpc) is 2.61. The standard InChI is InChI=1S/C17H22N4O2S/c1-24-8-7-15(16(22)23)18-10-14-11-20-17(21-12-14)19-9-13-5-3-2-4-6-13/h2-6,11-12,15,18H,7-10H2,1H3,(H,22,23)(H,19,20,21)/t15-/m0/s1. The summed E-state index contributed by atoms with van der Waals surface area (Å²) < 4.78 is 0. The van der Waals surface area contributed by atoms with Crippen LogP contribution in [0.15, 0.2) is 42.7 Å². The normalized spacial score (nSPS) is 11.9. The summed E-state index contributed by atoms with van der Waals surface area (Å²) in [7, 11) is 0. The second kappa shape index (κ2) is 9.89. The Balaban J connectivity index is 1.81. The molecule has 1 heterocycles. The number of rotatable bonds is 10. The van der Waals surface area contributed by atoms with E-state index < -0.39 is 12.0 Å². The maximum atomic E-state index is 11.2. The highest BCUT2D eigenvalue weighted by Crippen LogP contribution is 2.06. The van der Waals surface area contributed by atoms with E-state index in [9.17, 15) is 9.90 Å². The smallest absolute Gasteiger partial charge is 0.320 e. The number of aromatic nitrogens is 2. The number of carboxylic acid groups (broad SMARTS) is 1. The Kier molecular flexibility index (Phi) is 7.51. The molecule has 0 saturated carbocycles. The molecule has 1 atom stereocenters. The molecule has 6 nitrogen and oxygen atoms in total. The summed E-state index contributed by atoms with van der Waals surface area (Å²) in [5.74, 6) is 0.536. The summed E-state index contributed by atoms with van der Waals surface area (Å²) in [6.07, 6.45) is 5.98. The fourth-order valence-electron chi connectivity index (χ4n) is 2.10. The number of hydrogen-bond acceptors (Lipinski definition) is 6. The molecule has 1 aromatic carbocycles. The molecule has 0 aliphatic carbocycles. The minimum absolute atomic E-state index is 0.435. The minimum Gasteiger partial charge on any atom is -0.480 e. The zero-order chi connectivity index (χ0) is 17.2. The van der Waals surface area contributed by atoms with E-state index in [1.54, 1.807) is 24.2 Å². The van der Waals surface area contributed by atoms with E-state index in [0.29, 0.717) is 25.5 Å². The first-order valence-electron chi connectivity index (χ1n) is 7.73. The van der Waals surface area contributed by atoms with E-state index in [2.05, 4.69) is 20.6 Å². The van der Waals surface area contributed by atoms with E-state index >= 15 is 0 Å². The van der Waals surface area contributed by atoms with Crippen molar-refractivity contribution >= 4 is 23.7 Å². The molecule has 2 rings (SSSR count). The van der Waals surface area contributed by atoms with Gasteiger partial charge in [-0.15, -0.1) is 0 Å². The third kappa shape index (κ3) is 6.17. The van der Waals surface area contributed by atoms with Crippen LogP contribution in [0.5, 0.6) is 0 Å². The summed E-state index contributed by atoms with van der Waals surface area (Å²) in [6, 6.07) is 9.47. The SMILES string of the molecule is CSCC[C@H](NCc1cnc(NCc2ccccc2)nc1)C(=O)O. The van der Waals surface area contributed by atoms with Crippen molar-refractivity contribution in [3.8, 4) is 0 Å². The number of thioether (sulfide) groups is 1. The fourth-order valence-corrected chi connectivity index (χ4v) is 2.58. The molecule has 3 N–H and O–H groups in total. The van der Waals surface area contributed by atoms with Crippen LogP contribution < -0.4 is 10.6 Å². The van der Waals surface area contributed by atoms with Gasteiger partial charge in [-0.05, 0) is 24.0 Å². The molecule has 7 heteroatoms. The lowest BCUT2D eigenvalue weighted by atomic mass is 10.2. The molecule has 0 saturated heterocycles. The van der Waals surface area contributed by atoms with Gasteiger partial charge in [0.25, 0.3) is 0 Å². The molecule has 1 aromatic heterocycles. The van der Waals surface area contributed by atoms with Crippen molar-refractivity contribution in [1.82, 2.24) is 15.3 Å². The third-order valence-electron chi connectivity index (χ3n) is 3.46. The molecule has 0 radical (unpaired) electrons. The van der Waals surface area contributed by atoms with Crippen LogP contribution in [-0.2, 0) is 17.9 Å². The average molecular weight is 346 g/mol. The van der Waals surface area contributed by atoms with Crippen molar-refractivity contribution in [2.24, 2.45) is 0 Å². The van der Waals surface area contributed by atoms with Crippen LogP contribution in [0.25, 0.3) is 0 Å². The van der Waals surface area contributed by atoms with Crippen LogP contribution in [0.1, 0.15) is 17.5 Å². The number of nitrogens with one attached hydrogen (secondary N) is 2. The molecule has 2 aromatic rings. The quantitative estimate of drug-likeness (QED) is 0.609. The monoisotopic (exact) mass is 346 g/mol. The van der Waals surface area contributed by atoms with Crippen LogP contribution in [0.3, 0.4) is 0 Å². The molecule has 24 heavy (non-hydrogen) atoms. The van der Waals surface area contributed by atoms with Gasteiger partial charge in [-0.25, -0.2) is 9.97 Å². The van der Waals surface area contributed by atoms with Gasteiger partial charge in [0.1, 0.15) is 6.04 Å². The number of benzene rings is 1. The predicted octanol–water partition coefficient (Wildman–Crippen LogP) is 2.38. The highest BCUT2D eigenvalue weighted by molar-refractivity contribution is 7.98. The molecule has 0 aliphatic heterocycles. The van der Waals surface area contributed by atoms with Crippen LogP contribution in [-0.4, -0.2) is 39.1 Å². The lowest BCUT2D eigenvalue weighted by Gasteiger charge is -2.13. The number of aliphatic carboxylic acids is 1. The zero-order valence-electron chi connectivity index (χ0n) is 13.6. The van der Waals surface area contributed by atoms with Crippen molar-refractivity contribution < 1.29 is 9.90 Å². The number of carbonyl (C=O) groups is 1. The maximum absolute atomic E-state index is 11.2. The Morgan fingerprint density at radius 1 is 1.17 bits per heavy atom. The van der Waals surface area contributed by atoms with Crippen molar-refractivity contribution in [1.29, 1.82) is 0 Å². The first-order chi connectivity index (χ1) is 11.7. The van der Waals surface area contributed by atoms with Crippen LogP contribution in [0, 0.1) is 0 Å². The highest BCUT2D eigenvalue weighted by Gasteiger charge is 2.15. The predicted molar refractivity (Wildman–Crippen MR) is 97.1 cm³/mol. The first-order valence-corrected chi connectivity index (χ1v) is 9.12. The summed E-state index contributed by atoms with van der Waals surface area (Å²) in [5, 5.41) is 15.4. The number of nitrogens with zero attached hydrogens (tertiary/aromatic N) is 2. The lowest BCUT2D eigenvalue weighted by Crippen LogP contribution is -2.36. The Labute approximate surface area is 146 Å². The van der Waals surface area contributed by atoms with Crippen LogP contribution in [0.2, 0.25) is 0 Å². The van der Waals surface area contributed by atoms with Gasteiger partial charge in [-0.3, -0.25) is 4.79 Å². The minimum atomic E-state index is -0.828. The van der Waals surface area contributed by atoms with E-state index in [4.69, 9.17) is 0 Å². The molecule has 128 valence electrons. The Bertz CT molecular complexity index is 622. The summed E-state index contributed by atoms with van der Waals surface area (Å²) in [5.41, 5.74) is 2.01. The van der Waals surface area contributed by atoms with Crippen molar-refractivity contribution in [2.45, 2.75) is 25.6 Å². The van der Waals surface area contributed by atoms with Gasteiger partial charge >= 0.3 is 5.97 Å². The van der Waals surface area contributed by atoms with Crippen molar-refractivity contribution in [3.05, 3.63) is 53.9 Å². The lowest BCUT2D eigenvalue weighted by molar-refractivity contribution is -0.139. The van der Waals surface area contributed by atoms with Gasteiger partial charge in [0.05, 0.1) is 0 Å². The molecular formula is C17H22N4O2S. The summed E-state index contributed by atoms with van der Waals surface area (Å²) in [6.45, 7) is 1.10. The van der Waals surface area contributed by atoms with Gasteiger partial charge in [0, 0.05) is 31.0 Å². The van der Waals surface area contributed by atoms with E-state index in [1.807, 2.05) is 36.6 Å². The first kappa shape index (κ1) is 18.2. The van der Waals surface area contributed by atoms with Crippen LogP contribution >= 0.6 is 11.8 Å².